The number of alkyl halides is 1. The van der Waals surface area contributed by atoms with Crippen molar-refractivity contribution in [1.82, 2.24) is 19.7 Å². The zero-order valence-corrected chi connectivity index (χ0v) is 18.3. The smallest absolute Gasteiger partial charge is 0.251 e. The van der Waals surface area contributed by atoms with Crippen LogP contribution in [-0.2, 0) is 11.3 Å². The molecule has 0 bridgehead atoms. The number of fused-ring (bicyclic) bond motifs is 1. The fourth-order valence-electron chi connectivity index (χ4n) is 3.38. The highest BCUT2D eigenvalue weighted by Crippen LogP contribution is 2.39. The van der Waals surface area contributed by atoms with Crippen LogP contribution < -0.4 is 10.5 Å². The molecule has 1 aliphatic rings. The Labute approximate surface area is 187 Å². The highest BCUT2D eigenvalue weighted by Gasteiger charge is 2.34. The molecule has 168 valence electrons. The van der Waals surface area contributed by atoms with Crippen LogP contribution >= 0.6 is 0 Å². The normalized spacial score (nSPS) is 17.8. The van der Waals surface area contributed by atoms with E-state index in [4.69, 9.17) is 15.2 Å². The first-order valence-electron chi connectivity index (χ1n) is 10.3. The Morgan fingerprint density at radius 1 is 1.22 bits per heavy atom. The molecule has 2 N–H and O–H groups in total. The first-order valence-corrected chi connectivity index (χ1v) is 10.3. The quantitative estimate of drug-likeness (QED) is 0.397. The van der Waals surface area contributed by atoms with Gasteiger partial charge in [-0.3, -0.25) is 4.39 Å². The summed E-state index contributed by atoms with van der Waals surface area (Å²) in [5.41, 5.74) is 7.93. The minimum absolute atomic E-state index is 0.173. The molecule has 1 aromatic carbocycles. The Bertz CT molecular complexity index is 1090. The van der Waals surface area contributed by atoms with Crippen molar-refractivity contribution in [3.63, 3.8) is 0 Å². The maximum atomic E-state index is 9.50. The third kappa shape index (κ3) is 5.39. The molecular weight excluding hydrogens is 409 g/mol. The largest absolute Gasteiger partial charge is 0.438 e. The van der Waals surface area contributed by atoms with Crippen molar-refractivity contribution >= 4 is 16.9 Å². The van der Waals surface area contributed by atoms with Gasteiger partial charge in [0.05, 0.1) is 25.9 Å². The molecule has 3 aromatic rings. The predicted octanol–water partition coefficient (Wildman–Crippen LogP) is 4.94. The number of aromatic nitrogens is 4. The van der Waals surface area contributed by atoms with E-state index in [-0.39, 0.29) is 12.1 Å². The van der Waals surface area contributed by atoms with Crippen molar-refractivity contribution < 1.29 is 13.9 Å². The summed E-state index contributed by atoms with van der Waals surface area (Å²) >= 11 is 0. The van der Waals surface area contributed by atoms with Crippen molar-refractivity contribution in [1.29, 1.82) is 0 Å². The Hall–Kier alpha value is -3.52. The number of hydrogen-bond donors (Lipinski definition) is 1. The van der Waals surface area contributed by atoms with E-state index in [0.717, 1.165) is 12.8 Å². The highest BCUT2D eigenvalue weighted by molar-refractivity contribution is 5.90. The standard InChI is InChI=1S/C23H25N5O2.CH3F/c1-3-4-6-9-16(2)30-23-20-21(24)25-15-26-22(20)28(27-23)18-12-19(13-18)29-14-17-10-7-5-8-11-17;1-2/h3-11,15,18-19H,2,12-14H2,1H3,(H2,24,25,26);1H3/b4-3-,9-6-;. The molecule has 0 atom stereocenters. The zero-order valence-electron chi connectivity index (χ0n) is 18.3. The van der Waals surface area contributed by atoms with Gasteiger partial charge in [0.2, 0.25) is 0 Å². The van der Waals surface area contributed by atoms with Gasteiger partial charge >= 0.3 is 0 Å². The van der Waals surface area contributed by atoms with E-state index in [9.17, 15) is 4.39 Å². The van der Waals surface area contributed by atoms with Crippen LogP contribution in [0.4, 0.5) is 10.2 Å². The Balaban J connectivity index is 0.00000141. The van der Waals surface area contributed by atoms with Crippen LogP contribution in [0.25, 0.3) is 11.0 Å². The lowest BCUT2D eigenvalue weighted by atomic mass is 9.89. The molecule has 1 aliphatic carbocycles. The van der Waals surface area contributed by atoms with Crippen molar-refractivity contribution in [3.05, 3.63) is 78.9 Å². The molecule has 0 radical (unpaired) electrons. The maximum Gasteiger partial charge on any atom is 0.251 e. The minimum Gasteiger partial charge on any atom is -0.438 e. The van der Waals surface area contributed by atoms with Crippen LogP contribution in [0.3, 0.4) is 0 Å². The molecule has 1 saturated carbocycles. The van der Waals surface area contributed by atoms with E-state index < -0.39 is 0 Å². The fourth-order valence-corrected chi connectivity index (χ4v) is 3.38. The number of hydrogen-bond acceptors (Lipinski definition) is 6. The lowest BCUT2D eigenvalue weighted by molar-refractivity contribution is -0.0376. The van der Waals surface area contributed by atoms with Crippen molar-refractivity contribution in [3.8, 4) is 5.88 Å². The summed E-state index contributed by atoms with van der Waals surface area (Å²) in [5, 5.41) is 5.24. The van der Waals surface area contributed by atoms with Crippen LogP contribution in [0.15, 0.2) is 73.3 Å². The molecule has 4 rings (SSSR count). The number of benzene rings is 1. The monoisotopic (exact) mass is 437 g/mol. The summed E-state index contributed by atoms with van der Waals surface area (Å²) in [6, 6.07) is 10.4. The third-order valence-corrected chi connectivity index (χ3v) is 5.04. The average Bonchev–Trinajstić information content (AvgIpc) is 3.14. The molecule has 2 heterocycles. The summed E-state index contributed by atoms with van der Waals surface area (Å²) in [6.45, 7) is 6.47. The van der Waals surface area contributed by atoms with E-state index in [2.05, 4.69) is 33.8 Å². The van der Waals surface area contributed by atoms with Crippen molar-refractivity contribution in [2.75, 3.05) is 12.9 Å². The molecule has 0 aliphatic heterocycles. The first kappa shape index (κ1) is 23.1. The number of allylic oxidation sites excluding steroid dienone is 4. The number of anilines is 1. The van der Waals surface area contributed by atoms with Crippen LogP contribution in [0.5, 0.6) is 5.88 Å². The fraction of sp³-hybridized carbons (Fsp3) is 0.292. The molecule has 0 saturated heterocycles. The van der Waals surface area contributed by atoms with Crippen LogP contribution in [-0.4, -0.2) is 33.0 Å². The van der Waals surface area contributed by atoms with Crippen LogP contribution in [0.2, 0.25) is 0 Å². The van der Waals surface area contributed by atoms with Crippen LogP contribution in [0.1, 0.15) is 31.4 Å². The number of nitrogens with two attached hydrogens (primary N) is 1. The van der Waals surface area contributed by atoms with Gasteiger partial charge in [0.25, 0.3) is 5.88 Å². The lowest BCUT2D eigenvalue weighted by Crippen LogP contribution is -2.34. The predicted molar refractivity (Wildman–Crippen MR) is 124 cm³/mol. The van der Waals surface area contributed by atoms with Gasteiger partial charge in [-0.15, -0.1) is 5.10 Å². The Kier molecular flexibility index (Phi) is 8.10. The van der Waals surface area contributed by atoms with Gasteiger partial charge < -0.3 is 15.2 Å². The SMILES string of the molecule is C=C(/C=C\C=C/C)Oc1nn(C2CC(OCc3ccccc3)C2)c2ncnc(N)c12.CF. The van der Waals surface area contributed by atoms with E-state index in [0.29, 0.717) is 42.3 Å². The van der Waals surface area contributed by atoms with Crippen LogP contribution in [0, 0.1) is 0 Å². The van der Waals surface area contributed by atoms with Gasteiger partial charge in [-0.05, 0) is 31.4 Å². The van der Waals surface area contributed by atoms with Gasteiger partial charge in [-0.25, -0.2) is 14.6 Å². The van der Waals surface area contributed by atoms with Gasteiger partial charge in [0.1, 0.15) is 23.3 Å². The topological polar surface area (TPSA) is 88.1 Å². The molecule has 0 unspecified atom stereocenters. The van der Waals surface area contributed by atoms with Gasteiger partial charge in [-0.1, -0.05) is 55.1 Å². The number of ether oxygens (including phenoxy) is 2. The van der Waals surface area contributed by atoms with Crippen molar-refractivity contribution in [2.24, 2.45) is 0 Å². The molecule has 7 nitrogen and oxygen atoms in total. The molecule has 32 heavy (non-hydrogen) atoms. The molecular formula is C24H28FN5O2. The average molecular weight is 438 g/mol. The number of halogens is 1. The molecule has 0 amide bonds. The zero-order chi connectivity index (χ0) is 22.9. The third-order valence-electron chi connectivity index (χ3n) is 5.04. The summed E-state index contributed by atoms with van der Waals surface area (Å²) in [4.78, 5) is 8.49. The second-order valence-corrected chi connectivity index (χ2v) is 7.20. The lowest BCUT2D eigenvalue weighted by Gasteiger charge is -2.35. The van der Waals surface area contributed by atoms with Gasteiger partial charge in [-0.2, -0.15) is 0 Å². The molecule has 1 fully saturated rings. The summed E-state index contributed by atoms with van der Waals surface area (Å²) in [7, 11) is 0.500. The van der Waals surface area contributed by atoms with E-state index >= 15 is 0 Å². The number of nitrogens with zero attached hydrogens (tertiary/aromatic N) is 4. The molecule has 2 aromatic heterocycles. The number of nitrogen functional groups attached to an aromatic ring is 1. The molecule has 8 heteroatoms. The Morgan fingerprint density at radius 2 is 1.97 bits per heavy atom. The summed E-state index contributed by atoms with van der Waals surface area (Å²) in [6.07, 6.45) is 10.8. The second kappa shape index (κ2) is 11.2. The van der Waals surface area contributed by atoms with E-state index in [1.807, 2.05) is 48.0 Å². The van der Waals surface area contributed by atoms with Gasteiger partial charge in [0.15, 0.2) is 5.65 Å². The van der Waals surface area contributed by atoms with Crippen molar-refractivity contribution in [2.45, 2.75) is 38.5 Å². The summed E-state index contributed by atoms with van der Waals surface area (Å²) in [5.74, 6) is 1.16. The number of rotatable bonds is 8. The maximum absolute atomic E-state index is 9.50. The minimum atomic E-state index is 0.173. The first-order chi connectivity index (χ1) is 15.7. The van der Waals surface area contributed by atoms with Gasteiger partial charge in [0, 0.05) is 0 Å². The Morgan fingerprint density at radius 3 is 2.69 bits per heavy atom. The molecule has 0 spiro atoms. The van der Waals surface area contributed by atoms with E-state index in [1.54, 1.807) is 6.08 Å². The van der Waals surface area contributed by atoms with E-state index in [1.165, 1.54) is 11.9 Å². The summed E-state index contributed by atoms with van der Waals surface area (Å²) < 4.78 is 23.2. The second-order valence-electron chi connectivity index (χ2n) is 7.20. The highest BCUT2D eigenvalue weighted by atomic mass is 19.1.